The second-order valence-corrected chi connectivity index (χ2v) is 14.1. The molecule has 26 heavy (non-hydrogen) atoms. The first-order valence-corrected chi connectivity index (χ1v) is 16.5. The molecule has 0 radical (unpaired) electrons. The van der Waals surface area contributed by atoms with Crippen LogP contribution in [-0.2, 0) is 20.9 Å². The summed E-state index contributed by atoms with van der Waals surface area (Å²) >= 11 is 10.2. The number of hydrogen-bond donors (Lipinski definition) is 1. The van der Waals surface area contributed by atoms with E-state index in [9.17, 15) is 0 Å². The molecule has 0 aliphatic rings. The maximum Gasteiger partial charge on any atom is 0.202 e. The van der Waals surface area contributed by atoms with Gasteiger partial charge in [-0.3, -0.25) is 0 Å². The van der Waals surface area contributed by atoms with Gasteiger partial charge < -0.3 is 9.05 Å². The normalized spacial score (nSPS) is 13.2. The van der Waals surface area contributed by atoms with Crippen LogP contribution < -0.4 is 0 Å². The van der Waals surface area contributed by atoms with Crippen LogP contribution in [0.2, 0.25) is 0 Å². The number of rotatable bonds is 20. The van der Waals surface area contributed by atoms with Crippen LogP contribution >= 0.6 is 38.8 Å². The summed E-state index contributed by atoms with van der Waals surface area (Å²) in [5.41, 5.74) is 0. The number of unbranched alkanes of at least 4 members (excludes halogenated alkanes) is 10. The van der Waals surface area contributed by atoms with Crippen molar-refractivity contribution in [1.82, 2.24) is 0 Å². The van der Waals surface area contributed by atoms with E-state index in [1.54, 1.807) is 10.8 Å². The predicted octanol–water partition coefficient (Wildman–Crippen LogP) is 9.01. The monoisotopic (exact) mass is 460 g/mol. The summed E-state index contributed by atoms with van der Waals surface area (Å²) in [5, 5.41) is 0. The SMILES string of the molecule is CCCCCCCCOP(=S)(OCCCCCCCC)C(CC)SSS. The molecule has 0 rings (SSSR count). The molecule has 0 heterocycles. The lowest BCUT2D eigenvalue weighted by Gasteiger charge is -2.29. The van der Waals surface area contributed by atoms with Gasteiger partial charge >= 0.3 is 0 Å². The lowest BCUT2D eigenvalue weighted by atomic mass is 10.1. The summed E-state index contributed by atoms with van der Waals surface area (Å²) in [7, 11) is 3.19. The first-order valence-electron chi connectivity index (χ1n) is 10.5. The van der Waals surface area contributed by atoms with E-state index in [1.807, 2.05) is 0 Å². The molecule has 0 aliphatic carbocycles. The largest absolute Gasteiger partial charge is 0.329 e. The van der Waals surface area contributed by atoms with Crippen molar-refractivity contribution < 1.29 is 9.05 Å². The minimum atomic E-state index is -2.24. The maximum atomic E-state index is 6.22. The summed E-state index contributed by atoms with van der Waals surface area (Å²) in [6.45, 7) is 5.92. The van der Waals surface area contributed by atoms with Crippen molar-refractivity contribution in [2.75, 3.05) is 13.2 Å². The molecule has 0 spiro atoms. The Balaban J connectivity index is 4.23. The van der Waals surface area contributed by atoms with Gasteiger partial charge in [0.25, 0.3) is 0 Å². The van der Waals surface area contributed by atoms with Crippen LogP contribution in [0.5, 0.6) is 0 Å². The summed E-state index contributed by atoms with van der Waals surface area (Å²) in [6.07, 6.45) is 16.2. The molecule has 158 valence electrons. The average molecular weight is 461 g/mol. The van der Waals surface area contributed by atoms with Crippen LogP contribution in [0.25, 0.3) is 0 Å². The van der Waals surface area contributed by atoms with Gasteiger partial charge in [0, 0.05) is 0 Å². The zero-order chi connectivity index (χ0) is 19.5. The van der Waals surface area contributed by atoms with Gasteiger partial charge in [0.05, 0.1) is 18.2 Å². The van der Waals surface area contributed by atoms with Crippen molar-refractivity contribution in [2.45, 2.75) is 109 Å². The molecule has 2 nitrogen and oxygen atoms in total. The van der Waals surface area contributed by atoms with Gasteiger partial charge in [-0.2, -0.15) is 0 Å². The topological polar surface area (TPSA) is 18.5 Å². The quantitative estimate of drug-likeness (QED) is 0.0842. The van der Waals surface area contributed by atoms with E-state index in [1.165, 1.54) is 74.0 Å². The van der Waals surface area contributed by atoms with E-state index < -0.39 is 6.49 Å². The number of hydrogen-bond acceptors (Lipinski definition) is 6. The van der Waals surface area contributed by atoms with E-state index in [2.05, 4.69) is 32.4 Å². The Labute approximate surface area is 181 Å². The van der Waals surface area contributed by atoms with Crippen LogP contribution in [0.4, 0.5) is 0 Å². The highest BCUT2D eigenvalue weighted by Crippen LogP contribution is 2.61. The highest BCUT2D eigenvalue weighted by atomic mass is 33.5. The van der Waals surface area contributed by atoms with E-state index in [4.69, 9.17) is 20.9 Å². The molecule has 0 aliphatic heterocycles. The van der Waals surface area contributed by atoms with Crippen molar-refractivity contribution in [3.63, 3.8) is 0 Å². The molecular weight excluding hydrogens is 419 g/mol. The standard InChI is InChI=1S/C19H41O2PS4/c1-4-7-9-11-13-15-17-20-22(23,19(6-3)25-26-24)21-18-16-14-12-10-8-5-2/h19,24H,4-18H2,1-3H3. The van der Waals surface area contributed by atoms with E-state index in [0.29, 0.717) is 0 Å². The molecule has 0 saturated heterocycles. The molecule has 0 aromatic rings. The van der Waals surface area contributed by atoms with Gasteiger partial charge in [-0.15, -0.1) is 0 Å². The molecule has 0 fully saturated rings. The van der Waals surface area contributed by atoms with Crippen LogP contribution in [0.3, 0.4) is 0 Å². The van der Waals surface area contributed by atoms with Crippen LogP contribution in [0.15, 0.2) is 0 Å². The smallest absolute Gasteiger partial charge is 0.202 e. The van der Waals surface area contributed by atoms with Gasteiger partial charge in [0.15, 0.2) is 0 Å². The highest BCUT2D eigenvalue weighted by Gasteiger charge is 2.30. The van der Waals surface area contributed by atoms with Gasteiger partial charge in [0.2, 0.25) is 6.49 Å². The fourth-order valence-corrected chi connectivity index (χ4v) is 10.8. The third-order valence-corrected chi connectivity index (χ3v) is 12.3. The maximum absolute atomic E-state index is 6.22. The lowest BCUT2D eigenvalue weighted by molar-refractivity contribution is 0.235. The first-order chi connectivity index (χ1) is 12.6. The van der Waals surface area contributed by atoms with Crippen molar-refractivity contribution in [1.29, 1.82) is 0 Å². The Morgan fingerprint density at radius 2 is 1.19 bits per heavy atom. The fraction of sp³-hybridized carbons (Fsp3) is 1.00. The second kappa shape index (κ2) is 19.9. The molecule has 0 N–H and O–H groups in total. The Kier molecular flexibility index (Phi) is 21.2. The van der Waals surface area contributed by atoms with Crippen molar-refractivity contribution in [3.8, 4) is 0 Å². The van der Waals surface area contributed by atoms with Crippen LogP contribution in [0, 0.1) is 0 Å². The van der Waals surface area contributed by atoms with Crippen LogP contribution in [-0.4, -0.2) is 18.2 Å². The van der Waals surface area contributed by atoms with Crippen molar-refractivity contribution >= 4 is 50.6 Å². The third kappa shape index (κ3) is 14.6. The minimum Gasteiger partial charge on any atom is -0.329 e. The Bertz CT molecular complexity index is 324. The molecule has 0 bridgehead atoms. The van der Waals surface area contributed by atoms with E-state index in [0.717, 1.165) is 32.5 Å². The van der Waals surface area contributed by atoms with Gasteiger partial charge in [-0.25, -0.2) is 0 Å². The van der Waals surface area contributed by atoms with Gasteiger partial charge in [0.1, 0.15) is 0 Å². The molecule has 1 atom stereocenters. The summed E-state index contributed by atoms with van der Waals surface area (Å²) in [4.78, 5) is 0.236. The molecule has 7 heteroatoms. The predicted molar refractivity (Wildman–Crippen MR) is 131 cm³/mol. The third-order valence-electron chi connectivity index (χ3n) is 4.39. The van der Waals surface area contributed by atoms with Crippen molar-refractivity contribution in [3.05, 3.63) is 0 Å². The molecule has 0 aromatic heterocycles. The number of thiol groups is 1. The van der Waals surface area contributed by atoms with Gasteiger partial charge in [-0.1, -0.05) is 107 Å². The molecule has 0 amide bonds. The zero-order valence-electron chi connectivity index (χ0n) is 17.1. The average Bonchev–Trinajstić information content (AvgIpc) is 2.64. The van der Waals surface area contributed by atoms with Crippen LogP contribution in [0.1, 0.15) is 104 Å². The first kappa shape index (κ1) is 27.6. The Morgan fingerprint density at radius 1 is 0.769 bits per heavy atom. The summed E-state index contributed by atoms with van der Waals surface area (Å²) < 4.78 is 12.4. The highest BCUT2D eigenvalue weighted by molar-refractivity contribution is 9.06. The lowest BCUT2D eigenvalue weighted by Crippen LogP contribution is -2.09. The zero-order valence-corrected chi connectivity index (χ0v) is 21.4. The summed E-state index contributed by atoms with van der Waals surface area (Å²) in [5.74, 6) is 0. The Hall–Kier alpha value is 1.62. The Morgan fingerprint density at radius 3 is 1.58 bits per heavy atom. The minimum absolute atomic E-state index is 0.236. The summed E-state index contributed by atoms with van der Waals surface area (Å²) in [6, 6.07) is 0. The fourth-order valence-electron chi connectivity index (χ4n) is 2.75. The molecule has 0 saturated carbocycles. The van der Waals surface area contributed by atoms with E-state index in [-0.39, 0.29) is 4.99 Å². The molecular formula is C19H41O2PS4. The van der Waals surface area contributed by atoms with Crippen molar-refractivity contribution in [2.24, 2.45) is 0 Å². The second-order valence-electron chi connectivity index (χ2n) is 6.78. The van der Waals surface area contributed by atoms with Gasteiger partial charge in [-0.05, 0) is 40.9 Å². The molecule has 0 aromatic carbocycles. The van der Waals surface area contributed by atoms with E-state index >= 15 is 0 Å². The molecule has 1 unspecified atom stereocenters.